The Hall–Kier alpha value is -0.400. The van der Waals surface area contributed by atoms with Gasteiger partial charge in [-0.1, -0.05) is 0 Å². The normalized spacial score (nSPS) is 29.7. The second kappa shape index (κ2) is 11.3. The lowest BCUT2D eigenvalue weighted by molar-refractivity contribution is -0.0900. The Morgan fingerprint density at radius 2 is 1.45 bits per heavy atom. The first-order chi connectivity index (χ1) is 8.88. The van der Waals surface area contributed by atoms with Crippen molar-refractivity contribution in [2.75, 3.05) is 26.4 Å². The zero-order valence-corrected chi connectivity index (χ0v) is 10.8. The number of ether oxygens (including phenoxy) is 1. The molecule has 1 unspecified atom stereocenters. The molecule has 1 rings (SSSR count). The zero-order valence-electron chi connectivity index (χ0n) is 11.8. The number of aliphatic hydroxyl groups is 8. The van der Waals surface area contributed by atoms with Gasteiger partial charge in [-0.25, -0.2) is 0 Å². The summed E-state index contributed by atoms with van der Waals surface area (Å²) in [5.41, 5.74) is 0. The smallest absolute Gasteiger partial charge is 0.412 e. The lowest BCUT2D eigenvalue weighted by Gasteiger charge is -2.19. The Morgan fingerprint density at radius 3 is 1.65 bits per heavy atom. The van der Waals surface area contributed by atoms with Crippen LogP contribution in [0.4, 0.5) is 0 Å². The van der Waals surface area contributed by atoms with E-state index in [1.807, 2.05) is 0 Å². The zero-order chi connectivity index (χ0) is 15.0. The van der Waals surface area contributed by atoms with E-state index in [2.05, 4.69) is 0 Å². The van der Waals surface area contributed by atoms with E-state index in [0.717, 1.165) is 0 Å². The van der Waals surface area contributed by atoms with E-state index < -0.39 is 49.8 Å². The van der Waals surface area contributed by atoms with E-state index in [1.54, 1.807) is 0 Å². The molecule has 0 aromatic carbocycles. The van der Waals surface area contributed by atoms with Crippen molar-refractivity contribution in [3.05, 3.63) is 0 Å². The molecule has 1 fully saturated rings. The van der Waals surface area contributed by atoms with Crippen molar-refractivity contribution in [3.8, 4) is 0 Å². The van der Waals surface area contributed by atoms with Gasteiger partial charge in [-0.2, -0.15) is 0 Å². The van der Waals surface area contributed by atoms with Crippen LogP contribution < -0.4 is 0 Å². The third kappa shape index (κ3) is 6.85. The first-order valence-electron chi connectivity index (χ1n) is 5.73. The van der Waals surface area contributed by atoms with Crippen molar-refractivity contribution >= 4 is 0 Å². The molecule has 1 aliphatic rings. The fourth-order valence-corrected chi connectivity index (χ4v) is 1.30. The van der Waals surface area contributed by atoms with Gasteiger partial charge in [0.2, 0.25) is 0 Å². The van der Waals surface area contributed by atoms with Crippen LogP contribution in [-0.2, 0) is 4.74 Å². The maximum Gasteiger partial charge on any atom is 1.00 e. The molecule has 10 nitrogen and oxygen atoms in total. The summed E-state index contributed by atoms with van der Waals surface area (Å²) >= 11 is 0. The number of hydrogen-bond acceptors (Lipinski definition) is 9. The topological polar surface area (TPSA) is 203 Å². The quantitative estimate of drug-likeness (QED) is 0.243. The second-order valence-corrected chi connectivity index (χ2v) is 4.10. The van der Waals surface area contributed by atoms with E-state index in [0.29, 0.717) is 0 Å². The minimum Gasteiger partial charge on any atom is -0.412 e. The molecular formula is C10H25O10+. The highest BCUT2D eigenvalue weighted by Crippen LogP contribution is 2.12. The Kier molecular flexibility index (Phi) is 12.3. The number of hydrogen-bond donors (Lipinski definition) is 8. The van der Waals surface area contributed by atoms with Crippen molar-refractivity contribution < 1.29 is 52.5 Å². The Labute approximate surface area is 116 Å². The van der Waals surface area contributed by atoms with Crippen LogP contribution in [0.25, 0.3) is 0 Å². The van der Waals surface area contributed by atoms with Gasteiger partial charge in [-0.15, -0.1) is 0 Å². The molecule has 0 bridgehead atoms. The van der Waals surface area contributed by atoms with Crippen molar-refractivity contribution in [1.82, 2.24) is 0 Å². The monoisotopic (exact) mass is 305 g/mol. The highest BCUT2D eigenvalue weighted by molar-refractivity contribution is 4.82. The summed E-state index contributed by atoms with van der Waals surface area (Å²) in [5.74, 6) is 0. The van der Waals surface area contributed by atoms with E-state index in [9.17, 15) is 0 Å². The molecule has 1 saturated heterocycles. The molecule has 0 aromatic rings. The highest BCUT2D eigenvalue weighted by Gasteiger charge is 2.33. The van der Waals surface area contributed by atoms with Crippen molar-refractivity contribution in [1.29, 1.82) is 0 Å². The minimum atomic E-state index is -1.49. The maximum absolute atomic E-state index is 8.92. The van der Waals surface area contributed by atoms with Gasteiger partial charge >= 0.3 is 1.43 Å². The summed E-state index contributed by atoms with van der Waals surface area (Å²) in [6.07, 6.45) is -6.64. The van der Waals surface area contributed by atoms with Gasteiger partial charge in [-0.3, -0.25) is 0 Å². The molecular weight excluding hydrogens is 280 g/mol. The lowest BCUT2D eigenvalue weighted by Crippen LogP contribution is -2.41. The number of aliphatic hydroxyl groups excluding tert-OH is 8. The SMILES string of the molecule is O.OC[C@@H](O)C(O)[C@@H](O)CO.OC[C@H]1OC[C@H](O)[C@@H]1O.[H+]. The molecule has 1 aliphatic heterocycles. The summed E-state index contributed by atoms with van der Waals surface area (Å²) in [5, 5.41) is 68.8. The standard InChI is InChI=1S/C5H12O5.C5H10O4.H2O/c6-1-3(8)5(10)4(9)2-7;6-1-4-5(8)3(7)2-9-4;/h3-10H,1-2H2;3-8H,1-2H2;1H2/p+1/t3-,4+,5?;3-,4+,5-;/m.0./s1. The average molecular weight is 305 g/mol. The Balaban J connectivity index is -0.000000282. The third-order valence-corrected chi connectivity index (χ3v) is 2.60. The molecule has 0 saturated carbocycles. The first-order valence-corrected chi connectivity index (χ1v) is 5.73. The van der Waals surface area contributed by atoms with Gasteiger partial charge < -0.3 is 51.1 Å². The predicted molar refractivity (Wildman–Crippen MR) is 65.8 cm³/mol. The van der Waals surface area contributed by atoms with Crippen molar-refractivity contribution in [3.63, 3.8) is 0 Å². The van der Waals surface area contributed by atoms with Gasteiger partial charge in [0.1, 0.15) is 36.6 Å². The fourth-order valence-electron chi connectivity index (χ4n) is 1.30. The third-order valence-electron chi connectivity index (χ3n) is 2.60. The molecule has 124 valence electrons. The fraction of sp³-hybridized carbons (Fsp3) is 1.00. The molecule has 0 aromatic heterocycles. The van der Waals surface area contributed by atoms with Crippen LogP contribution in [0, 0.1) is 0 Å². The lowest BCUT2D eigenvalue weighted by atomic mass is 10.1. The molecule has 10 N–H and O–H groups in total. The van der Waals surface area contributed by atoms with Gasteiger partial charge in [0.25, 0.3) is 0 Å². The largest absolute Gasteiger partial charge is 1.00 e. The average Bonchev–Trinajstić information content (AvgIpc) is 2.76. The molecule has 20 heavy (non-hydrogen) atoms. The minimum absolute atomic E-state index is 0. The molecule has 10 heteroatoms. The predicted octanol–water partition coefficient (Wildman–Crippen LogP) is -5.56. The maximum atomic E-state index is 8.92. The van der Waals surface area contributed by atoms with Gasteiger partial charge in [0, 0.05) is 0 Å². The molecule has 0 radical (unpaired) electrons. The van der Waals surface area contributed by atoms with Gasteiger partial charge in [0.15, 0.2) is 0 Å². The van der Waals surface area contributed by atoms with Gasteiger partial charge in [-0.05, 0) is 0 Å². The van der Waals surface area contributed by atoms with Crippen LogP contribution in [0.1, 0.15) is 1.43 Å². The van der Waals surface area contributed by atoms with E-state index in [4.69, 9.17) is 45.6 Å². The Bertz CT molecular complexity index is 224. The van der Waals surface area contributed by atoms with E-state index in [1.165, 1.54) is 0 Å². The molecule has 0 amide bonds. The summed E-state index contributed by atoms with van der Waals surface area (Å²) in [6, 6.07) is 0. The molecule has 6 atom stereocenters. The summed E-state index contributed by atoms with van der Waals surface area (Å²) in [7, 11) is 0. The number of rotatable bonds is 5. The van der Waals surface area contributed by atoms with Crippen molar-refractivity contribution in [2.24, 2.45) is 0 Å². The van der Waals surface area contributed by atoms with Crippen LogP contribution in [0.2, 0.25) is 0 Å². The van der Waals surface area contributed by atoms with Crippen molar-refractivity contribution in [2.45, 2.75) is 36.6 Å². The van der Waals surface area contributed by atoms with Crippen LogP contribution in [0.15, 0.2) is 0 Å². The summed E-state index contributed by atoms with van der Waals surface area (Å²) in [4.78, 5) is 0. The van der Waals surface area contributed by atoms with Crippen LogP contribution >= 0.6 is 0 Å². The first kappa shape index (κ1) is 21.9. The summed E-state index contributed by atoms with van der Waals surface area (Å²) < 4.78 is 4.78. The molecule has 0 spiro atoms. The highest BCUT2D eigenvalue weighted by atomic mass is 16.5. The Morgan fingerprint density at radius 1 is 1.00 bits per heavy atom. The second-order valence-electron chi connectivity index (χ2n) is 4.10. The van der Waals surface area contributed by atoms with Gasteiger partial charge in [0.05, 0.1) is 26.4 Å². The van der Waals surface area contributed by atoms with Crippen LogP contribution in [0.5, 0.6) is 0 Å². The van der Waals surface area contributed by atoms with Crippen LogP contribution in [0.3, 0.4) is 0 Å². The summed E-state index contributed by atoms with van der Waals surface area (Å²) in [6.45, 7) is -1.40. The van der Waals surface area contributed by atoms with Crippen LogP contribution in [-0.4, -0.2) is 109 Å². The van der Waals surface area contributed by atoms with E-state index >= 15 is 0 Å². The molecule has 1 heterocycles. The van der Waals surface area contributed by atoms with E-state index in [-0.39, 0.29) is 20.1 Å². The molecule has 0 aliphatic carbocycles.